The van der Waals surface area contributed by atoms with Gasteiger partial charge in [0.2, 0.25) is 0 Å². The van der Waals surface area contributed by atoms with E-state index < -0.39 is 0 Å². The predicted octanol–water partition coefficient (Wildman–Crippen LogP) is 3.26. The molecule has 0 radical (unpaired) electrons. The normalized spacial score (nSPS) is 21.0. The van der Waals surface area contributed by atoms with Gasteiger partial charge >= 0.3 is 6.03 Å². The van der Waals surface area contributed by atoms with Gasteiger partial charge in [0.25, 0.3) is 0 Å². The largest absolute Gasteiger partial charge is 0.371 e. The van der Waals surface area contributed by atoms with Gasteiger partial charge < -0.3 is 20.4 Å². The molecule has 0 aliphatic carbocycles. The third-order valence-corrected chi connectivity index (χ3v) is 5.75. The molecule has 6 heteroatoms. The van der Waals surface area contributed by atoms with Crippen molar-refractivity contribution in [1.29, 1.82) is 0 Å². The highest BCUT2D eigenvalue weighted by molar-refractivity contribution is 6.30. The number of benzene rings is 1. The maximum atomic E-state index is 12.0. The second-order valence-corrected chi connectivity index (χ2v) is 8.01. The Balaban J connectivity index is 1.35. The molecule has 2 fully saturated rings. The number of likely N-dealkylation sites (tertiary alicyclic amines) is 1. The lowest BCUT2D eigenvalue weighted by molar-refractivity contribution is 0.220. The Bertz CT molecular complexity index is 603. The summed E-state index contributed by atoms with van der Waals surface area (Å²) < 4.78 is 0. The topological polar surface area (TPSA) is 47.6 Å². The van der Waals surface area contributed by atoms with Crippen molar-refractivity contribution >= 4 is 23.3 Å². The lowest BCUT2D eigenvalue weighted by atomic mass is 10.1. The highest BCUT2D eigenvalue weighted by Gasteiger charge is 2.24. The van der Waals surface area contributed by atoms with E-state index >= 15 is 0 Å². The molecule has 3 rings (SSSR count). The summed E-state index contributed by atoms with van der Waals surface area (Å²) in [5.41, 5.74) is 2.46. The van der Waals surface area contributed by atoms with Gasteiger partial charge in [-0.3, -0.25) is 0 Å². The van der Waals surface area contributed by atoms with Crippen LogP contribution >= 0.6 is 11.6 Å². The Morgan fingerprint density at radius 1 is 1.19 bits per heavy atom. The summed E-state index contributed by atoms with van der Waals surface area (Å²) in [7, 11) is 0. The molecule has 26 heavy (non-hydrogen) atoms. The first-order valence-corrected chi connectivity index (χ1v) is 10.2. The summed E-state index contributed by atoms with van der Waals surface area (Å²) >= 11 is 6.14. The Kier molecular flexibility index (Phi) is 7.03. The number of halogens is 1. The number of hydrogen-bond donors (Lipinski definition) is 2. The van der Waals surface area contributed by atoms with Crippen LogP contribution in [0.2, 0.25) is 5.02 Å². The third-order valence-electron chi connectivity index (χ3n) is 5.51. The molecule has 144 valence electrons. The molecule has 0 spiro atoms. The van der Waals surface area contributed by atoms with Crippen LogP contribution in [-0.4, -0.2) is 56.7 Å². The van der Waals surface area contributed by atoms with Crippen molar-refractivity contribution in [3.8, 4) is 0 Å². The summed E-state index contributed by atoms with van der Waals surface area (Å²) in [6.07, 6.45) is 5.02. The lowest BCUT2D eigenvalue weighted by Gasteiger charge is -2.26. The molecule has 0 bridgehead atoms. The maximum Gasteiger partial charge on any atom is 0.314 e. The molecule has 1 atom stereocenters. The van der Waals surface area contributed by atoms with Crippen LogP contribution < -0.4 is 15.5 Å². The average molecular weight is 379 g/mol. The van der Waals surface area contributed by atoms with Crippen LogP contribution in [0.4, 0.5) is 10.5 Å². The number of carbonyl (C=O) groups excluding carboxylic acids is 1. The zero-order valence-electron chi connectivity index (χ0n) is 15.8. The molecule has 0 saturated carbocycles. The van der Waals surface area contributed by atoms with E-state index in [2.05, 4.69) is 33.4 Å². The summed E-state index contributed by atoms with van der Waals surface area (Å²) in [6.45, 7) is 8.86. The number of hydrogen-bond acceptors (Lipinski definition) is 3. The maximum absolute atomic E-state index is 12.0. The Morgan fingerprint density at radius 2 is 2.00 bits per heavy atom. The van der Waals surface area contributed by atoms with E-state index in [1.807, 2.05) is 12.1 Å². The van der Waals surface area contributed by atoms with Crippen LogP contribution in [0, 0.1) is 12.8 Å². The molecule has 2 N–H and O–H groups in total. The number of nitrogens with zero attached hydrogens (tertiary/aromatic N) is 2. The van der Waals surface area contributed by atoms with Crippen molar-refractivity contribution < 1.29 is 4.79 Å². The van der Waals surface area contributed by atoms with Gasteiger partial charge in [0.1, 0.15) is 0 Å². The Morgan fingerprint density at radius 3 is 2.81 bits per heavy atom. The van der Waals surface area contributed by atoms with Gasteiger partial charge in [-0.2, -0.15) is 0 Å². The van der Waals surface area contributed by atoms with Crippen LogP contribution in [0.1, 0.15) is 31.2 Å². The highest BCUT2D eigenvalue weighted by atomic mass is 35.5. The van der Waals surface area contributed by atoms with Gasteiger partial charge in [-0.05, 0) is 62.9 Å². The molecular weight excluding hydrogens is 348 g/mol. The van der Waals surface area contributed by atoms with Crippen molar-refractivity contribution in [2.45, 2.75) is 32.6 Å². The third kappa shape index (κ3) is 5.52. The summed E-state index contributed by atoms with van der Waals surface area (Å²) in [6, 6.07) is 6.00. The Labute approximate surface area is 162 Å². The smallest absolute Gasteiger partial charge is 0.314 e. The summed E-state index contributed by atoms with van der Waals surface area (Å²) in [5.74, 6) is 0.487. The first kappa shape index (κ1) is 19.3. The van der Waals surface area contributed by atoms with E-state index in [1.54, 1.807) is 0 Å². The van der Waals surface area contributed by atoms with E-state index in [4.69, 9.17) is 11.6 Å². The van der Waals surface area contributed by atoms with E-state index in [0.29, 0.717) is 5.92 Å². The molecular formula is C20H31ClN4O. The quantitative estimate of drug-likeness (QED) is 0.798. The van der Waals surface area contributed by atoms with Crippen molar-refractivity contribution in [3.63, 3.8) is 0 Å². The second-order valence-electron chi connectivity index (χ2n) is 7.57. The standard InChI is InChI=1S/C20H31ClN4O/c1-16-5-6-18(21)13-19(16)25-11-7-17(15-25)14-23-20(26)22-8-12-24-9-3-2-4-10-24/h5-6,13,17H,2-4,7-12,14-15H2,1H3,(H2,22,23,26)/t17-/m0/s1. The van der Waals surface area contributed by atoms with E-state index in [9.17, 15) is 4.79 Å². The van der Waals surface area contributed by atoms with Crippen LogP contribution in [0.5, 0.6) is 0 Å². The number of anilines is 1. The van der Waals surface area contributed by atoms with Gasteiger partial charge in [0.05, 0.1) is 0 Å². The first-order chi connectivity index (χ1) is 12.6. The zero-order chi connectivity index (χ0) is 18.4. The summed E-state index contributed by atoms with van der Waals surface area (Å²) in [4.78, 5) is 16.8. The fourth-order valence-electron chi connectivity index (χ4n) is 3.95. The molecule has 1 aromatic rings. The van der Waals surface area contributed by atoms with Gasteiger partial charge in [-0.15, -0.1) is 0 Å². The van der Waals surface area contributed by atoms with E-state index in [-0.39, 0.29) is 6.03 Å². The minimum atomic E-state index is -0.0422. The molecule has 1 aromatic carbocycles. The van der Waals surface area contributed by atoms with Crippen LogP contribution in [0.15, 0.2) is 18.2 Å². The van der Waals surface area contributed by atoms with E-state index in [1.165, 1.54) is 43.6 Å². The van der Waals surface area contributed by atoms with Gasteiger partial charge in [0.15, 0.2) is 0 Å². The average Bonchev–Trinajstić information content (AvgIpc) is 3.12. The van der Waals surface area contributed by atoms with Crippen molar-refractivity contribution in [2.24, 2.45) is 5.92 Å². The Hall–Kier alpha value is -1.46. The fourth-order valence-corrected chi connectivity index (χ4v) is 4.12. The van der Waals surface area contributed by atoms with Gasteiger partial charge in [-0.1, -0.05) is 24.1 Å². The molecule has 0 unspecified atom stereocenters. The SMILES string of the molecule is Cc1ccc(Cl)cc1N1CC[C@@H](CNC(=O)NCCN2CCCCC2)C1. The lowest BCUT2D eigenvalue weighted by Crippen LogP contribution is -2.43. The number of aryl methyl sites for hydroxylation is 1. The molecule has 5 nitrogen and oxygen atoms in total. The van der Waals surface area contributed by atoms with Crippen LogP contribution in [0.25, 0.3) is 0 Å². The molecule has 2 saturated heterocycles. The number of amides is 2. The van der Waals surface area contributed by atoms with Crippen molar-refractivity contribution in [2.75, 3.05) is 50.7 Å². The second kappa shape index (κ2) is 9.47. The highest BCUT2D eigenvalue weighted by Crippen LogP contribution is 2.29. The van der Waals surface area contributed by atoms with Crippen LogP contribution in [-0.2, 0) is 0 Å². The molecule has 2 aliphatic heterocycles. The minimum absolute atomic E-state index is 0.0422. The van der Waals surface area contributed by atoms with Crippen LogP contribution in [0.3, 0.4) is 0 Å². The number of piperidine rings is 1. The zero-order valence-corrected chi connectivity index (χ0v) is 16.5. The minimum Gasteiger partial charge on any atom is -0.371 e. The molecule has 2 heterocycles. The van der Waals surface area contributed by atoms with Gasteiger partial charge in [-0.25, -0.2) is 4.79 Å². The van der Waals surface area contributed by atoms with Gasteiger partial charge in [0, 0.05) is 43.4 Å². The number of nitrogens with one attached hydrogen (secondary N) is 2. The van der Waals surface area contributed by atoms with E-state index in [0.717, 1.165) is 44.2 Å². The molecule has 2 amide bonds. The van der Waals surface area contributed by atoms with Crippen molar-refractivity contribution in [1.82, 2.24) is 15.5 Å². The number of rotatable bonds is 6. The first-order valence-electron chi connectivity index (χ1n) is 9.87. The van der Waals surface area contributed by atoms with Crippen molar-refractivity contribution in [3.05, 3.63) is 28.8 Å². The number of carbonyl (C=O) groups is 1. The predicted molar refractivity (Wildman–Crippen MR) is 108 cm³/mol. The molecule has 2 aliphatic rings. The summed E-state index contributed by atoms with van der Waals surface area (Å²) in [5, 5.41) is 6.81. The number of urea groups is 1. The fraction of sp³-hybridized carbons (Fsp3) is 0.650. The monoisotopic (exact) mass is 378 g/mol. The molecule has 0 aromatic heterocycles.